The van der Waals surface area contributed by atoms with Crippen molar-refractivity contribution in [1.29, 1.82) is 5.26 Å². The van der Waals surface area contributed by atoms with Crippen LogP contribution in [-0.2, 0) is 9.53 Å². The van der Waals surface area contributed by atoms with Crippen molar-refractivity contribution in [2.24, 2.45) is 0 Å². The number of likely N-dealkylation sites (N-methyl/N-ethyl adjacent to an activating group) is 1. The first-order chi connectivity index (χ1) is 9.71. The van der Waals surface area contributed by atoms with E-state index in [0.29, 0.717) is 30.8 Å². The molecule has 1 aromatic rings. The summed E-state index contributed by atoms with van der Waals surface area (Å²) in [5, 5.41) is 11.7. The Balaban J connectivity index is 2.45. The van der Waals surface area contributed by atoms with Crippen molar-refractivity contribution in [2.75, 3.05) is 38.7 Å². The van der Waals surface area contributed by atoms with Crippen LogP contribution in [0, 0.1) is 11.3 Å². The highest BCUT2D eigenvalue weighted by molar-refractivity contribution is 5.92. The van der Waals surface area contributed by atoms with Crippen molar-refractivity contribution in [2.45, 2.75) is 13.3 Å². The lowest BCUT2D eigenvalue weighted by atomic mass is 10.2. The molecule has 0 spiro atoms. The first-order valence-corrected chi connectivity index (χ1v) is 6.71. The minimum absolute atomic E-state index is 0.0800. The molecule has 0 aliphatic rings. The zero-order chi connectivity index (χ0) is 14.8. The standard InChI is InChI=1S/C15H21N3O2/c1-3-18(10-11-20-2)9-8-15(19)17-14-7-5-4-6-13(14)12-16/h4-7H,3,8-11H2,1-2H3,(H,17,19). The third-order valence-corrected chi connectivity index (χ3v) is 3.04. The monoisotopic (exact) mass is 275 g/mol. The number of benzene rings is 1. The van der Waals surface area contributed by atoms with Gasteiger partial charge >= 0.3 is 0 Å². The number of ether oxygens (including phenoxy) is 1. The fraction of sp³-hybridized carbons (Fsp3) is 0.467. The summed E-state index contributed by atoms with van der Waals surface area (Å²) in [6.45, 7) is 5.09. The van der Waals surface area contributed by atoms with Gasteiger partial charge < -0.3 is 15.0 Å². The molecule has 1 rings (SSSR count). The lowest BCUT2D eigenvalue weighted by Crippen LogP contribution is -2.30. The van der Waals surface area contributed by atoms with E-state index >= 15 is 0 Å². The molecule has 0 unspecified atom stereocenters. The van der Waals surface area contributed by atoms with Gasteiger partial charge in [-0.1, -0.05) is 19.1 Å². The molecule has 0 atom stereocenters. The van der Waals surface area contributed by atoms with Gasteiger partial charge in [0.1, 0.15) is 6.07 Å². The summed E-state index contributed by atoms with van der Waals surface area (Å²) in [6, 6.07) is 9.06. The van der Waals surface area contributed by atoms with E-state index < -0.39 is 0 Å². The average molecular weight is 275 g/mol. The number of anilines is 1. The van der Waals surface area contributed by atoms with Gasteiger partial charge in [0.25, 0.3) is 0 Å². The predicted octanol–water partition coefficient (Wildman–Crippen LogP) is 1.86. The summed E-state index contributed by atoms with van der Waals surface area (Å²) >= 11 is 0. The van der Waals surface area contributed by atoms with Gasteiger partial charge in [0.2, 0.25) is 5.91 Å². The molecule has 5 heteroatoms. The molecule has 0 saturated carbocycles. The van der Waals surface area contributed by atoms with Crippen LogP contribution in [0.25, 0.3) is 0 Å². The number of rotatable bonds is 8. The Kier molecular flexibility index (Phi) is 7.33. The van der Waals surface area contributed by atoms with Crippen molar-refractivity contribution in [3.8, 4) is 6.07 Å². The number of methoxy groups -OCH3 is 1. The Hall–Kier alpha value is -1.90. The average Bonchev–Trinajstić information content (AvgIpc) is 2.48. The van der Waals surface area contributed by atoms with Gasteiger partial charge in [0.05, 0.1) is 17.9 Å². The number of carbonyl (C=O) groups is 1. The van der Waals surface area contributed by atoms with E-state index in [1.807, 2.05) is 0 Å². The van der Waals surface area contributed by atoms with Crippen LogP contribution in [0.4, 0.5) is 5.69 Å². The molecule has 20 heavy (non-hydrogen) atoms. The third-order valence-electron chi connectivity index (χ3n) is 3.04. The molecule has 0 bridgehead atoms. The van der Waals surface area contributed by atoms with E-state index in [1.165, 1.54) is 0 Å². The Morgan fingerprint density at radius 2 is 2.15 bits per heavy atom. The maximum absolute atomic E-state index is 11.9. The molecule has 1 aromatic carbocycles. The first kappa shape index (κ1) is 16.2. The second-order valence-electron chi connectivity index (χ2n) is 4.38. The van der Waals surface area contributed by atoms with Gasteiger partial charge in [-0.3, -0.25) is 4.79 Å². The molecular formula is C15H21N3O2. The Labute approximate surface area is 120 Å². The van der Waals surface area contributed by atoms with Crippen LogP contribution in [0.5, 0.6) is 0 Å². The molecule has 0 fully saturated rings. The summed E-state index contributed by atoms with van der Waals surface area (Å²) in [4.78, 5) is 14.0. The second kappa shape index (κ2) is 9.08. The summed E-state index contributed by atoms with van der Waals surface area (Å²) in [5.41, 5.74) is 1.05. The van der Waals surface area contributed by atoms with Gasteiger partial charge in [0.15, 0.2) is 0 Å². The summed E-state index contributed by atoms with van der Waals surface area (Å²) < 4.78 is 5.03. The van der Waals surface area contributed by atoms with Crippen LogP contribution in [0.2, 0.25) is 0 Å². The Bertz CT molecular complexity index is 468. The number of nitriles is 1. The maximum atomic E-state index is 11.9. The highest BCUT2D eigenvalue weighted by atomic mass is 16.5. The largest absolute Gasteiger partial charge is 0.383 e. The number of amides is 1. The summed E-state index contributed by atoms with van der Waals surface area (Å²) in [7, 11) is 1.67. The third kappa shape index (κ3) is 5.39. The smallest absolute Gasteiger partial charge is 0.225 e. The van der Waals surface area contributed by atoms with Crippen molar-refractivity contribution in [3.63, 3.8) is 0 Å². The number of nitrogens with one attached hydrogen (secondary N) is 1. The summed E-state index contributed by atoms with van der Waals surface area (Å²) in [6.07, 6.45) is 0.400. The summed E-state index contributed by atoms with van der Waals surface area (Å²) in [5.74, 6) is -0.0800. The molecule has 0 aliphatic heterocycles. The van der Waals surface area contributed by atoms with E-state index in [-0.39, 0.29) is 5.91 Å². The SMILES string of the molecule is CCN(CCOC)CCC(=O)Nc1ccccc1C#N. The van der Waals surface area contributed by atoms with E-state index in [9.17, 15) is 4.79 Å². The van der Waals surface area contributed by atoms with Crippen molar-refractivity contribution in [1.82, 2.24) is 4.90 Å². The minimum atomic E-state index is -0.0800. The normalized spacial score (nSPS) is 10.3. The van der Waals surface area contributed by atoms with E-state index in [2.05, 4.69) is 23.2 Å². The van der Waals surface area contributed by atoms with Crippen LogP contribution >= 0.6 is 0 Å². The van der Waals surface area contributed by atoms with E-state index in [4.69, 9.17) is 10.00 Å². The molecule has 108 valence electrons. The lowest BCUT2D eigenvalue weighted by Gasteiger charge is -2.19. The van der Waals surface area contributed by atoms with Gasteiger partial charge in [-0.15, -0.1) is 0 Å². The number of carbonyl (C=O) groups excluding carboxylic acids is 1. The molecule has 1 N–H and O–H groups in total. The first-order valence-electron chi connectivity index (χ1n) is 6.71. The molecule has 0 saturated heterocycles. The number of hydrogen-bond donors (Lipinski definition) is 1. The van der Waals surface area contributed by atoms with Gasteiger partial charge in [-0.2, -0.15) is 5.26 Å². The zero-order valence-electron chi connectivity index (χ0n) is 12.1. The maximum Gasteiger partial charge on any atom is 0.225 e. The molecule has 0 aromatic heterocycles. The predicted molar refractivity (Wildman–Crippen MR) is 78.4 cm³/mol. The van der Waals surface area contributed by atoms with Crippen LogP contribution in [0.3, 0.4) is 0 Å². The lowest BCUT2D eigenvalue weighted by molar-refractivity contribution is -0.116. The number of hydrogen-bond acceptors (Lipinski definition) is 4. The molecule has 0 heterocycles. The quantitative estimate of drug-likeness (QED) is 0.786. The van der Waals surface area contributed by atoms with Crippen molar-refractivity contribution in [3.05, 3.63) is 29.8 Å². The van der Waals surface area contributed by atoms with Gasteiger partial charge in [-0.05, 0) is 18.7 Å². The topological polar surface area (TPSA) is 65.4 Å². The molecule has 1 amide bonds. The van der Waals surface area contributed by atoms with Crippen LogP contribution in [0.15, 0.2) is 24.3 Å². The Morgan fingerprint density at radius 3 is 2.80 bits per heavy atom. The fourth-order valence-electron chi connectivity index (χ4n) is 1.81. The molecule has 0 aliphatic carbocycles. The number of nitrogens with zero attached hydrogens (tertiary/aromatic N) is 2. The Morgan fingerprint density at radius 1 is 1.40 bits per heavy atom. The highest BCUT2D eigenvalue weighted by Crippen LogP contribution is 2.13. The van der Waals surface area contributed by atoms with E-state index in [0.717, 1.165) is 13.1 Å². The van der Waals surface area contributed by atoms with Crippen molar-refractivity contribution < 1.29 is 9.53 Å². The van der Waals surface area contributed by atoms with Crippen LogP contribution < -0.4 is 5.32 Å². The molecule has 0 radical (unpaired) electrons. The number of para-hydroxylation sites is 1. The van der Waals surface area contributed by atoms with E-state index in [1.54, 1.807) is 31.4 Å². The second-order valence-corrected chi connectivity index (χ2v) is 4.38. The van der Waals surface area contributed by atoms with Crippen LogP contribution in [-0.4, -0.2) is 44.2 Å². The molecular weight excluding hydrogens is 254 g/mol. The van der Waals surface area contributed by atoms with Gasteiger partial charge in [-0.25, -0.2) is 0 Å². The highest BCUT2D eigenvalue weighted by Gasteiger charge is 2.08. The van der Waals surface area contributed by atoms with Gasteiger partial charge in [0, 0.05) is 26.6 Å². The van der Waals surface area contributed by atoms with Crippen LogP contribution in [0.1, 0.15) is 18.9 Å². The minimum Gasteiger partial charge on any atom is -0.383 e. The van der Waals surface area contributed by atoms with Crippen molar-refractivity contribution >= 4 is 11.6 Å². The fourth-order valence-corrected chi connectivity index (χ4v) is 1.81. The zero-order valence-corrected chi connectivity index (χ0v) is 12.1. The molecule has 5 nitrogen and oxygen atoms in total.